The molecule has 5 nitrogen and oxygen atoms in total. The van der Waals surface area contributed by atoms with Crippen molar-refractivity contribution in [1.29, 1.82) is 0 Å². The molecule has 0 saturated heterocycles. The normalized spacial score (nSPS) is 15.3. The van der Waals surface area contributed by atoms with Gasteiger partial charge in [-0.15, -0.1) is 0 Å². The summed E-state index contributed by atoms with van der Waals surface area (Å²) in [5.41, 5.74) is 0.973. The van der Waals surface area contributed by atoms with E-state index in [0.29, 0.717) is 6.61 Å². The van der Waals surface area contributed by atoms with Crippen LogP contribution in [0.1, 0.15) is 12.5 Å². The first-order valence-corrected chi connectivity index (χ1v) is 7.19. The highest BCUT2D eigenvalue weighted by atomic mass is 31.2. The van der Waals surface area contributed by atoms with Crippen molar-refractivity contribution >= 4 is 7.60 Å². The predicted molar refractivity (Wildman–Crippen MR) is 68.3 cm³/mol. The van der Waals surface area contributed by atoms with E-state index in [-0.39, 0.29) is 0 Å². The lowest BCUT2D eigenvalue weighted by atomic mass is 10.2. The fourth-order valence-electron chi connectivity index (χ4n) is 1.44. The quantitative estimate of drug-likeness (QED) is 0.773. The van der Waals surface area contributed by atoms with Crippen molar-refractivity contribution in [2.75, 3.05) is 14.2 Å². The van der Waals surface area contributed by atoms with Crippen molar-refractivity contribution in [3.63, 3.8) is 0 Å². The van der Waals surface area contributed by atoms with Gasteiger partial charge in [0.25, 0.3) is 0 Å². The van der Waals surface area contributed by atoms with Crippen LogP contribution in [0.25, 0.3) is 0 Å². The highest BCUT2D eigenvalue weighted by Crippen LogP contribution is 2.52. The third kappa shape index (κ3) is 3.90. The van der Waals surface area contributed by atoms with E-state index in [0.717, 1.165) is 5.56 Å². The number of hydrogen-bond acceptors (Lipinski definition) is 5. The van der Waals surface area contributed by atoms with E-state index in [1.165, 1.54) is 14.2 Å². The van der Waals surface area contributed by atoms with Crippen LogP contribution in [0.3, 0.4) is 0 Å². The SMILES string of the molecule is COP(=O)(OC)[C@@H](O)[C@H](C)OCc1ccccc1. The first kappa shape index (κ1) is 15.3. The fraction of sp³-hybridized carbons (Fsp3) is 0.500. The van der Waals surface area contributed by atoms with Gasteiger partial charge in [-0.05, 0) is 12.5 Å². The molecule has 0 unspecified atom stereocenters. The summed E-state index contributed by atoms with van der Waals surface area (Å²) in [5.74, 6) is -1.31. The molecule has 0 aromatic heterocycles. The van der Waals surface area contributed by atoms with Crippen LogP contribution in [-0.2, 0) is 25.0 Å². The Morgan fingerprint density at radius 1 is 1.22 bits per heavy atom. The predicted octanol–water partition coefficient (Wildman–Crippen LogP) is 2.40. The average Bonchev–Trinajstić information content (AvgIpc) is 2.44. The molecule has 0 fully saturated rings. The molecular weight excluding hydrogens is 255 g/mol. The minimum Gasteiger partial charge on any atom is -0.378 e. The lowest BCUT2D eigenvalue weighted by molar-refractivity contribution is -0.0139. The van der Waals surface area contributed by atoms with Crippen LogP contribution in [0.5, 0.6) is 0 Å². The van der Waals surface area contributed by atoms with Crippen LogP contribution >= 0.6 is 7.60 Å². The van der Waals surface area contributed by atoms with E-state index in [4.69, 9.17) is 13.8 Å². The number of ether oxygens (including phenoxy) is 1. The Kier molecular flexibility index (Phi) is 5.99. The van der Waals surface area contributed by atoms with Crippen molar-refractivity contribution in [1.82, 2.24) is 0 Å². The van der Waals surface area contributed by atoms with Crippen molar-refractivity contribution in [3.05, 3.63) is 35.9 Å². The van der Waals surface area contributed by atoms with Crippen molar-refractivity contribution in [2.24, 2.45) is 0 Å². The topological polar surface area (TPSA) is 65.0 Å². The molecule has 0 aliphatic rings. The second kappa shape index (κ2) is 7.02. The van der Waals surface area contributed by atoms with Crippen LogP contribution in [0.15, 0.2) is 30.3 Å². The summed E-state index contributed by atoms with van der Waals surface area (Å²) >= 11 is 0. The summed E-state index contributed by atoms with van der Waals surface area (Å²) in [6.45, 7) is 1.95. The summed E-state index contributed by atoms with van der Waals surface area (Å²) < 4.78 is 26.8. The number of hydrogen-bond donors (Lipinski definition) is 1. The van der Waals surface area contributed by atoms with E-state index in [9.17, 15) is 9.67 Å². The van der Waals surface area contributed by atoms with E-state index in [1.807, 2.05) is 30.3 Å². The average molecular weight is 274 g/mol. The lowest BCUT2D eigenvalue weighted by Crippen LogP contribution is -2.27. The maximum atomic E-state index is 11.9. The molecule has 1 aromatic rings. The minimum absolute atomic E-state index is 0.326. The van der Waals surface area contributed by atoms with E-state index < -0.39 is 19.5 Å². The van der Waals surface area contributed by atoms with Gasteiger partial charge in [0.2, 0.25) is 0 Å². The number of aliphatic hydroxyl groups is 1. The first-order valence-electron chi connectivity index (χ1n) is 5.58. The number of rotatable bonds is 7. The molecule has 0 aliphatic carbocycles. The van der Waals surface area contributed by atoms with Crippen molar-refractivity contribution < 1.29 is 23.5 Å². The summed E-state index contributed by atoms with van der Waals surface area (Å²) in [6, 6.07) is 9.52. The third-order valence-electron chi connectivity index (χ3n) is 2.61. The van der Waals surface area contributed by atoms with E-state index in [2.05, 4.69) is 0 Å². The molecule has 6 heteroatoms. The van der Waals surface area contributed by atoms with E-state index >= 15 is 0 Å². The van der Waals surface area contributed by atoms with Gasteiger partial charge in [0.05, 0.1) is 12.7 Å². The fourth-order valence-corrected chi connectivity index (χ4v) is 2.62. The van der Waals surface area contributed by atoms with Crippen LogP contribution in [0, 0.1) is 0 Å². The smallest absolute Gasteiger partial charge is 0.361 e. The maximum Gasteiger partial charge on any atom is 0.361 e. The molecule has 0 aliphatic heterocycles. The summed E-state index contributed by atoms with van der Waals surface area (Å²) in [7, 11) is -1.05. The Balaban J connectivity index is 2.55. The molecule has 0 saturated carbocycles. The van der Waals surface area contributed by atoms with Gasteiger partial charge in [0.1, 0.15) is 0 Å². The Bertz CT molecular complexity index is 387. The van der Waals surface area contributed by atoms with Crippen LogP contribution in [-0.4, -0.2) is 31.3 Å². The Morgan fingerprint density at radius 2 is 1.78 bits per heavy atom. The number of benzene rings is 1. The maximum absolute atomic E-state index is 11.9. The van der Waals surface area contributed by atoms with Gasteiger partial charge in [0, 0.05) is 14.2 Å². The summed E-state index contributed by atoms with van der Waals surface area (Å²) in [5, 5.41) is 9.88. The van der Waals surface area contributed by atoms with Gasteiger partial charge in [-0.3, -0.25) is 4.57 Å². The zero-order valence-corrected chi connectivity index (χ0v) is 11.7. The van der Waals surface area contributed by atoms with Gasteiger partial charge in [-0.25, -0.2) is 0 Å². The largest absolute Gasteiger partial charge is 0.378 e. The Labute approximate surface area is 107 Å². The molecule has 0 spiro atoms. The van der Waals surface area contributed by atoms with Crippen LogP contribution in [0.4, 0.5) is 0 Å². The second-order valence-corrected chi connectivity index (χ2v) is 6.16. The molecule has 0 radical (unpaired) electrons. The number of aliphatic hydroxyl groups excluding tert-OH is 1. The monoisotopic (exact) mass is 274 g/mol. The van der Waals surface area contributed by atoms with Crippen LogP contribution < -0.4 is 0 Å². The van der Waals surface area contributed by atoms with Gasteiger partial charge in [-0.1, -0.05) is 30.3 Å². The molecule has 1 N–H and O–H groups in total. The van der Waals surface area contributed by atoms with E-state index in [1.54, 1.807) is 6.92 Å². The van der Waals surface area contributed by atoms with Gasteiger partial charge >= 0.3 is 7.60 Å². The second-order valence-electron chi connectivity index (χ2n) is 3.82. The molecule has 0 amide bonds. The zero-order chi connectivity index (χ0) is 13.6. The van der Waals surface area contributed by atoms with Gasteiger partial charge in [0.15, 0.2) is 5.85 Å². The first-order chi connectivity index (χ1) is 8.53. The lowest BCUT2D eigenvalue weighted by Gasteiger charge is -2.24. The zero-order valence-electron chi connectivity index (χ0n) is 10.8. The van der Waals surface area contributed by atoms with Crippen LogP contribution in [0.2, 0.25) is 0 Å². The highest BCUT2D eigenvalue weighted by molar-refractivity contribution is 7.54. The Hall–Kier alpha value is -0.710. The molecule has 0 heterocycles. The standard InChI is InChI=1S/C12H19O5P/c1-10(12(13)18(14,15-2)16-3)17-9-11-7-5-4-6-8-11/h4-8,10,12-13H,9H2,1-3H3/t10-,12+/m0/s1. The summed E-state index contributed by atoms with van der Waals surface area (Å²) in [4.78, 5) is 0. The molecule has 1 aromatic carbocycles. The summed E-state index contributed by atoms with van der Waals surface area (Å²) in [6.07, 6.45) is -0.657. The van der Waals surface area contributed by atoms with Crippen molar-refractivity contribution in [3.8, 4) is 0 Å². The molecule has 2 atom stereocenters. The third-order valence-corrected chi connectivity index (χ3v) is 4.69. The molecule has 102 valence electrons. The van der Waals surface area contributed by atoms with Gasteiger partial charge in [-0.2, -0.15) is 0 Å². The highest BCUT2D eigenvalue weighted by Gasteiger charge is 2.37. The minimum atomic E-state index is -3.52. The molecule has 0 bridgehead atoms. The molecular formula is C12H19O5P. The molecule has 18 heavy (non-hydrogen) atoms. The Morgan fingerprint density at radius 3 is 2.28 bits per heavy atom. The van der Waals surface area contributed by atoms with Crippen molar-refractivity contribution in [2.45, 2.75) is 25.5 Å². The molecule has 1 rings (SSSR count). The van der Waals surface area contributed by atoms with Gasteiger partial charge < -0.3 is 18.9 Å².